The summed E-state index contributed by atoms with van der Waals surface area (Å²) in [6, 6.07) is 7.85. The Hall–Kier alpha value is -2.34. The highest BCUT2D eigenvalue weighted by molar-refractivity contribution is 5.88. The van der Waals surface area contributed by atoms with Crippen molar-refractivity contribution < 1.29 is 9.90 Å². The summed E-state index contributed by atoms with van der Waals surface area (Å²) in [4.78, 5) is 18.5. The van der Waals surface area contributed by atoms with Crippen molar-refractivity contribution in [1.29, 1.82) is 0 Å². The number of halogens is 1. The summed E-state index contributed by atoms with van der Waals surface area (Å²) in [5.41, 5.74) is 12.5. The van der Waals surface area contributed by atoms with Gasteiger partial charge in [0.05, 0.1) is 11.3 Å². The quantitative estimate of drug-likeness (QED) is 0.757. The first kappa shape index (κ1) is 13.7. The summed E-state index contributed by atoms with van der Waals surface area (Å²) < 4.78 is 0. The van der Waals surface area contributed by atoms with Crippen LogP contribution in [0.25, 0.3) is 11.3 Å². The Bertz CT molecular complexity index is 552. The predicted molar refractivity (Wildman–Crippen MR) is 70.5 cm³/mol. The second-order valence-corrected chi connectivity index (χ2v) is 3.42. The fourth-order valence-corrected chi connectivity index (χ4v) is 1.42. The predicted octanol–water partition coefficient (Wildman–Crippen LogP) is 1.43. The zero-order chi connectivity index (χ0) is 12.4. The summed E-state index contributed by atoms with van der Waals surface area (Å²) in [6.07, 6.45) is 0. The van der Waals surface area contributed by atoms with Crippen molar-refractivity contribution >= 4 is 30.1 Å². The van der Waals surface area contributed by atoms with Crippen LogP contribution in [0.15, 0.2) is 30.3 Å². The number of hydrogen-bond donors (Lipinski definition) is 3. The molecule has 0 aliphatic heterocycles. The van der Waals surface area contributed by atoms with Crippen molar-refractivity contribution in [1.82, 2.24) is 9.97 Å². The molecule has 2 aromatic rings. The van der Waals surface area contributed by atoms with E-state index in [4.69, 9.17) is 16.6 Å². The lowest BCUT2D eigenvalue weighted by Crippen LogP contribution is -2.01. The van der Waals surface area contributed by atoms with E-state index in [2.05, 4.69) is 9.97 Å². The van der Waals surface area contributed by atoms with Gasteiger partial charge in [-0.3, -0.25) is 0 Å². The highest BCUT2D eigenvalue weighted by Gasteiger charge is 2.05. The van der Waals surface area contributed by atoms with Gasteiger partial charge >= 0.3 is 5.97 Å². The molecule has 1 aromatic carbocycles. The molecular weight excluding hydrogens is 256 g/mol. The van der Waals surface area contributed by atoms with Gasteiger partial charge in [0.15, 0.2) is 0 Å². The molecule has 7 heteroatoms. The third kappa shape index (κ3) is 2.86. The van der Waals surface area contributed by atoms with Crippen molar-refractivity contribution in [3.05, 3.63) is 35.9 Å². The summed E-state index contributed by atoms with van der Waals surface area (Å²) in [7, 11) is 0. The topological polar surface area (TPSA) is 115 Å². The smallest absolute Gasteiger partial charge is 0.335 e. The highest BCUT2D eigenvalue weighted by Crippen LogP contribution is 2.19. The SMILES string of the molecule is Cl.Nc1cc(-c2ccc(C(=O)O)cc2)nc(N)n1. The first-order valence-corrected chi connectivity index (χ1v) is 4.80. The Kier molecular flexibility index (Phi) is 4.06. The van der Waals surface area contributed by atoms with Gasteiger partial charge in [-0.2, -0.15) is 4.98 Å². The van der Waals surface area contributed by atoms with Crippen LogP contribution in [0.1, 0.15) is 10.4 Å². The fourth-order valence-electron chi connectivity index (χ4n) is 1.42. The molecule has 2 rings (SSSR count). The van der Waals surface area contributed by atoms with Gasteiger partial charge in [0.25, 0.3) is 0 Å². The highest BCUT2D eigenvalue weighted by atomic mass is 35.5. The number of carboxylic acid groups (broad SMARTS) is 1. The zero-order valence-corrected chi connectivity index (χ0v) is 10.0. The Morgan fingerprint density at radius 1 is 1.11 bits per heavy atom. The van der Waals surface area contributed by atoms with E-state index in [1.165, 1.54) is 12.1 Å². The number of carboxylic acids is 1. The molecule has 0 saturated heterocycles. The van der Waals surface area contributed by atoms with E-state index in [0.717, 1.165) is 5.56 Å². The van der Waals surface area contributed by atoms with Gasteiger partial charge < -0.3 is 16.6 Å². The van der Waals surface area contributed by atoms with E-state index in [1.54, 1.807) is 18.2 Å². The first-order chi connectivity index (χ1) is 8.06. The number of hydrogen-bond acceptors (Lipinski definition) is 5. The lowest BCUT2D eigenvalue weighted by molar-refractivity contribution is 0.0697. The maximum atomic E-state index is 10.7. The molecule has 0 unspecified atom stereocenters. The van der Waals surface area contributed by atoms with Gasteiger partial charge in [0.2, 0.25) is 5.95 Å². The van der Waals surface area contributed by atoms with E-state index >= 15 is 0 Å². The summed E-state index contributed by atoms with van der Waals surface area (Å²) in [6.45, 7) is 0. The van der Waals surface area contributed by atoms with Gasteiger partial charge in [-0.15, -0.1) is 12.4 Å². The molecule has 0 atom stereocenters. The number of nitrogens with zero attached hydrogens (tertiary/aromatic N) is 2. The average molecular weight is 267 g/mol. The Morgan fingerprint density at radius 3 is 2.22 bits per heavy atom. The van der Waals surface area contributed by atoms with Gasteiger partial charge in [0, 0.05) is 11.6 Å². The van der Waals surface area contributed by atoms with E-state index in [9.17, 15) is 4.79 Å². The molecule has 18 heavy (non-hydrogen) atoms. The maximum absolute atomic E-state index is 10.7. The third-order valence-corrected chi connectivity index (χ3v) is 2.19. The Labute approximate surface area is 109 Å². The molecule has 0 bridgehead atoms. The van der Waals surface area contributed by atoms with Gasteiger partial charge in [-0.05, 0) is 12.1 Å². The number of carbonyl (C=O) groups is 1. The Morgan fingerprint density at radius 2 is 1.72 bits per heavy atom. The molecule has 0 spiro atoms. The molecule has 1 heterocycles. The zero-order valence-electron chi connectivity index (χ0n) is 9.20. The molecule has 0 aliphatic rings. The number of rotatable bonds is 2. The van der Waals surface area contributed by atoms with Crippen LogP contribution in [0.3, 0.4) is 0 Å². The van der Waals surface area contributed by atoms with Crippen molar-refractivity contribution in [3.63, 3.8) is 0 Å². The molecule has 0 radical (unpaired) electrons. The Balaban J connectivity index is 0.00000162. The van der Waals surface area contributed by atoms with Crippen LogP contribution in [-0.2, 0) is 0 Å². The third-order valence-electron chi connectivity index (χ3n) is 2.19. The lowest BCUT2D eigenvalue weighted by Gasteiger charge is -2.03. The van der Waals surface area contributed by atoms with Crippen LogP contribution in [0.2, 0.25) is 0 Å². The van der Waals surface area contributed by atoms with Crippen molar-refractivity contribution in [3.8, 4) is 11.3 Å². The standard InChI is InChI=1S/C11H10N4O2.ClH/c12-9-5-8(14-11(13)15-9)6-1-3-7(4-2-6)10(16)17;/h1-5H,(H,16,17)(H4,12,13,14,15);1H. The number of nitrogen functional groups attached to an aromatic ring is 2. The molecular formula is C11H11ClN4O2. The van der Waals surface area contributed by atoms with Crippen molar-refractivity contribution in [2.24, 2.45) is 0 Å². The number of anilines is 2. The van der Waals surface area contributed by atoms with Crippen LogP contribution in [0.5, 0.6) is 0 Å². The van der Waals surface area contributed by atoms with Crippen LogP contribution < -0.4 is 11.5 Å². The van der Waals surface area contributed by atoms with E-state index < -0.39 is 5.97 Å². The van der Waals surface area contributed by atoms with Gasteiger partial charge in [0.1, 0.15) is 5.82 Å². The lowest BCUT2D eigenvalue weighted by atomic mass is 10.1. The van der Waals surface area contributed by atoms with Gasteiger partial charge in [-0.1, -0.05) is 12.1 Å². The normalized spacial score (nSPS) is 9.56. The number of aromatic carboxylic acids is 1. The van der Waals surface area contributed by atoms with Gasteiger partial charge in [-0.25, -0.2) is 9.78 Å². The largest absolute Gasteiger partial charge is 0.478 e. The minimum Gasteiger partial charge on any atom is -0.478 e. The molecule has 94 valence electrons. The number of benzene rings is 1. The van der Waals surface area contributed by atoms with Crippen LogP contribution in [0.4, 0.5) is 11.8 Å². The first-order valence-electron chi connectivity index (χ1n) is 4.80. The average Bonchev–Trinajstić information content (AvgIpc) is 2.28. The van der Waals surface area contributed by atoms with E-state index in [0.29, 0.717) is 5.69 Å². The second-order valence-electron chi connectivity index (χ2n) is 3.42. The molecule has 5 N–H and O–H groups in total. The fraction of sp³-hybridized carbons (Fsp3) is 0. The molecule has 6 nitrogen and oxygen atoms in total. The number of aromatic nitrogens is 2. The molecule has 0 saturated carbocycles. The van der Waals surface area contributed by atoms with Crippen LogP contribution in [0, 0.1) is 0 Å². The second kappa shape index (κ2) is 5.33. The molecule has 0 amide bonds. The maximum Gasteiger partial charge on any atom is 0.335 e. The summed E-state index contributed by atoms with van der Waals surface area (Å²) in [5.74, 6) is -0.615. The molecule has 1 aromatic heterocycles. The molecule has 0 aliphatic carbocycles. The monoisotopic (exact) mass is 266 g/mol. The molecule has 0 fully saturated rings. The van der Waals surface area contributed by atoms with E-state index in [-0.39, 0.29) is 29.7 Å². The van der Waals surface area contributed by atoms with Crippen molar-refractivity contribution in [2.75, 3.05) is 11.5 Å². The van der Waals surface area contributed by atoms with Crippen LogP contribution >= 0.6 is 12.4 Å². The van der Waals surface area contributed by atoms with E-state index in [1.807, 2.05) is 0 Å². The van der Waals surface area contributed by atoms with Crippen molar-refractivity contribution in [2.45, 2.75) is 0 Å². The summed E-state index contributed by atoms with van der Waals surface area (Å²) in [5, 5.41) is 8.77. The number of nitrogens with two attached hydrogens (primary N) is 2. The minimum absolute atomic E-state index is 0. The van der Waals surface area contributed by atoms with Crippen LogP contribution in [-0.4, -0.2) is 21.0 Å². The summed E-state index contributed by atoms with van der Waals surface area (Å²) >= 11 is 0. The minimum atomic E-state index is -0.974.